The molecule has 0 spiro atoms. The van der Waals surface area contributed by atoms with Crippen molar-refractivity contribution < 1.29 is 19.1 Å². The third-order valence-corrected chi connectivity index (χ3v) is 3.31. The molecule has 7 heteroatoms. The van der Waals surface area contributed by atoms with Crippen molar-refractivity contribution in [3.8, 4) is 11.5 Å². The van der Waals surface area contributed by atoms with Crippen LogP contribution >= 0.6 is 0 Å². The first-order valence-electron chi connectivity index (χ1n) is 6.89. The molecule has 2 N–H and O–H groups in total. The second kappa shape index (κ2) is 6.01. The van der Waals surface area contributed by atoms with Crippen molar-refractivity contribution in [3.05, 3.63) is 18.2 Å². The Hall–Kier alpha value is -2.28. The van der Waals surface area contributed by atoms with E-state index in [1.165, 1.54) is 0 Å². The summed E-state index contributed by atoms with van der Waals surface area (Å²) in [6.45, 7) is 2.76. The second-order valence-corrected chi connectivity index (χ2v) is 4.97. The number of benzene rings is 1. The van der Waals surface area contributed by atoms with E-state index in [-0.39, 0.29) is 24.9 Å². The predicted octanol–water partition coefficient (Wildman–Crippen LogP) is -0.172. The van der Waals surface area contributed by atoms with Crippen LogP contribution in [-0.2, 0) is 9.59 Å². The molecule has 2 aliphatic rings. The van der Waals surface area contributed by atoms with Gasteiger partial charge in [0.15, 0.2) is 11.5 Å². The van der Waals surface area contributed by atoms with Gasteiger partial charge in [0, 0.05) is 24.8 Å². The quantitative estimate of drug-likeness (QED) is 0.808. The van der Waals surface area contributed by atoms with Gasteiger partial charge in [0.1, 0.15) is 13.2 Å². The molecule has 0 radical (unpaired) electrons. The Bertz CT molecular complexity index is 561. The van der Waals surface area contributed by atoms with E-state index in [4.69, 9.17) is 9.47 Å². The van der Waals surface area contributed by atoms with E-state index in [2.05, 4.69) is 10.6 Å². The van der Waals surface area contributed by atoms with E-state index in [9.17, 15) is 9.59 Å². The zero-order chi connectivity index (χ0) is 14.7. The number of anilines is 1. The standard InChI is InChI=1S/C14H17N3O4/c18-13-8-17(4-3-15-13)9-14(19)16-10-1-2-11-12(7-10)21-6-5-20-11/h1-2,7H,3-6,8-9H2,(H,15,18)(H,16,19). The highest BCUT2D eigenvalue weighted by molar-refractivity contribution is 5.93. The van der Waals surface area contributed by atoms with E-state index in [1.807, 2.05) is 4.90 Å². The van der Waals surface area contributed by atoms with Crippen molar-refractivity contribution in [2.45, 2.75) is 0 Å². The molecule has 112 valence electrons. The molecule has 3 rings (SSSR count). The SMILES string of the molecule is O=C1CN(CC(=O)Nc2ccc3c(c2)OCCO3)CCN1. The smallest absolute Gasteiger partial charge is 0.238 e. The van der Waals surface area contributed by atoms with Crippen LogP contribution in [0, 0.1) is 0 Å². The second-order valence-electron chi connectivity index (χ2n) is 4.97. The summed E-state index contributed by atoms with van der Waals surface area (Å²) in [7, 11) is 0. The lowest BCUT2D eigenvalue weighted by molar-refractivity contribution is -0.125. The number of carbonyl (C=O) groups is 2. The summed E-state index contributed by atoms with van der Waals surface area (Å²) in [5.74, 6) is 1.12. The van der Waals surface area contributed by atoms with E-state index < -0.39 is 0 Å². The molecular formula is C14H17N3O4. The lowest BCUT2D eigenvalue weighted by atomic mass is 10.2. The van der Waals surface area contributed by atoms with Crippen LogP contribution in [0.2, 0.25) is 0 Å². The summed E-state index contributed by atoms with van der Waals surface area (Å²) in [6.07, 6.45) is 0. The van der Waals surface area contributed by atoms with Gasteiger partial charge in [-0.1, -0.05) is 0 Å². The molecule has 0 atom stereocenters. The Morgan fingerprint density at radius 2 is 2.10 bits per heavy atom. The number of rotatable bonds is 3. The largest absolute Gasteiger partial charge is 0.486 e. The van der Waals surface area contributed by atoms with Crippen LogP contribution in [0.15, 0.2) is 18.2 Å². The molecule has 7 nitrogen and oxygen atoms in total. The number of nitrogens with one attached hydrogen (secondary N) is 2. The number of nitrogens with zero attached hydrogens (tertiary/aromatic N) is 1. The highest BCUT2D eigenvalue weighted by atomic mass is 16.6. The molecule has 2 amide bonds. The zero-order valence-electron chi connectivity index (χ0n) is 11.6. The van der Waals surface area contributed by atoms with Gasteiger partial charge in [-0.2, -0.15) is 0 Å². The fourth-order valence-corrected chi connectivity index (χ4v) is 2.35. The van der Waals surface area contributed by atoms with Gasteiger partial charge in [-0.3, -0.25) is 14.5 Å². The first-order chi connectivity index (χ1) is 10.2. The summed E-state index contributed by atoms with van der Waals surface area (Å²) in [4.78, 5) is 25.1. The topological polar surface area (TPSA) is 79.9 Å². The van der Waals surface area contributed by atoms with E-state index in [0.29, 0.717) is 43.5 Å². The Labute approximate surface area is 122 Å². The van der Waals surface area contributed by atoms with Crippen LogP contribution < -0.4 is 20.1 Å². The van der Waals surface area contributed by atoms with Crippen molar-refractivity contribution in [3.63, 3.8) is 0 Å². The monoisotopic (exact) mass is 291 g/mol. The first-order valence-corrected chi connectivity index (χ1v) is 6.89. The molecule has 2 heterocycles. The molecule has 0 unspecified atom stereocenters. The van der Waals surface area contributed by atoms with E-state index in [0.717, 1.165) is 0 Å². The third kappa shape index (κ3) is 3.43. The maximum Gasteiger partial charge on any atom is 0.238 e. The average Bonchev–Trinajstić information content (AvgIpc) is 2.47. The Balaban J connectivity index is 1.58. The molecule has 21 heavy (non-hydrogen) atoms. The number of hydrogen-bond donors (Lipinski definition) is 2. The number of hydrogen-bond acceptors (Lipinski definition) is 5. The molecule has 1 aromatic rings. The van der Waals surface area contributed by atoms with Crippen LogP contribution in [0.5, 0.6) is 11.5 Å². The first kappa shape index (κ1) is 13.7. The summed E-state index contributed by atoms with van der Waals surface area (Å²) < 4.78 is 10.9. The molecule has 0 bridgehead atoms. The summed E-state index contributed by atoms with van der Waals surface area (Å²) >= 11 is 0. The predicted molar refractivity (Wildman–Crippen MR) is 75.5 cm³/mol. The van der Waals surface area contributed by atoms with Crippen molar-refractivity contribution in [1.82, 2.24) is 10.2 Å². The van der Waals surface area contributed by atoms with Gasteiger partial charge in [0.25, 0.3) is 0 Å². The lowest BCUT2D eigenvalue weighted by Gasteiger charge is -2.25. The fraction of sp³-hybridized carbons (Fsp3) is 0.429. The van der Waals surface area contributed by atoms with Crippen LogP contribution in [0.1, 0.15) is 0 Å². The number of carbonyl (C=O) groups excluding carboxylic acids is 2. The van der Waals surface area contributed by atoms with E-state index in [1.54, 1.807) is 18.2 Å². The summed E-state index contributed by atoms with van der Waals surface area (Å²) in [5.41, 5.74) is 0.658. The molecule has 1 aromatic carbocycles. The van der Waals surface area contributed by atoms with Crippen molar-refractivity contribution in [2.24, 2.45) is 0 Å². The summed E-state index contributed by atoms with van der Waals surface area (Å²) in [6, 6.07) is 5.29. The number of fused-ring (bicyclic) bond motifs is 1. The maximum absolute atomic E-state index is 12.0. The Morgan fingerprint density at radius 3 is 2.90 bits per heavy atom. The average molecular weight is 291 g/mol. The molecule has 0 saturated carbocycles. The Kier molecular flexibility index (Phi) is 3.92. The van der Waals surface area contributed by atoms with Crippen LogP contribution in [0.3, 0.4) is 0 Å². The minimum absolute atomic E-state index is 0.0478. The van der Waals surface area contributed by atoms with Crippen LogP contribution in [0.25, 0.3) is 0 Å². The fourth-order valence-electron chi connectivity index (χ4n) is 2.35. The highest BCUT2D eigenvalue weighted by Gasteiger charge is 2.19. The number of piperazine rings is 1. The lowest BCUT2D eigenvalue weighted by Crippen LogP contribution is -2.49. The van der Waals surface area contributed by atoms with Gasteiger partial charge < -0.3 is 20.1 Å². The van der Waals surface area contributed by atoms with Gasteiger partial charge >= 0.3 is 0 Å². The Morgan fingerprint density at radius 1 is 1.29 bits per heavy atom. The van der Waals surface area contributed by atoms with E-state index >= 15 is 0 Å². The molecule has 1 saturated heterocycles. The maximum atomic E-state index is 12.0. The van der Waals surface area contributed by atoms with Gasteiger partial charge in [0.05, 0.1) is 13.1 Å². The molecule has 2 aliphatic heterocycles. The normalized spacial score (nSPS) is 18.0. The van der Waals surface area contributed by atoms with Gasteiger partial charge in [-0.25, -0.2) is 0 Å². The van der Waals surface area contributed by atoms with Crippen molar-refractivity contribution in [2.75, 3.05) is 44.7 Å². The number of amides is 2. The molecule has 0 aliphatic carbocycles. The highest BCUT2D eigenvalue weighted by Crippen LogP contribution is 2.32. The minimum atomic E-state index is -0.152. The minimum Gasteiger partial charge on any atom is -0.486 e. The third-order valence-electron chi connectivity index (χ3n) is 3.31. The summed E-state index contributed by atoms with van der Waals surface area (Å²) in [5, 5.41) is 5.53. The molecule has 1 fully saturated rings. The van der Waals surface area contributed by atoms with Gasteiger partial charge in [-0.15, -0.1) is 0 Å². The van der Waals surface area contributed by atoms with Gasteiger partial charge in [0.2, 0.25) is 11.8 Å². The molecular weight excluding hydrogens is 274 g/mol. The van der Waals surface area contributed by atoms with Crippen molar-refractivity contribution >= 4 is 17.5 Å². The van der Waals surface area contributed by atoms with Crippen LogP contribution in [-0.4, -0.2) is 56.1 Å². The van der Waals surface area contributed by atoms with Crippen LogP contribution in [0.4, 0.5) is 5.69 Å². The number of ether oxygens (including phenoxy) is 2. The van der Waals surface area contributed by atoms with Crippen molar-refractivity contribution in [1.29, 1.82) is 0 Å². The zero-order valence-corrected chi connectivity index (χ0v) is 11.6. The molecule has 0 aromatic heterocycles. The van der Waals surface area contributed by atoms with Gasteiger partial charge in [-0.05, 0) is 12.1 Å².